The highest BCUT2D eigenvalue weighted by atomic mass is 79.9. The minimum Gasteiger partial charge on any atom is -0.368 e. The summed E-state index contributed by atoms with van der Waals surface area (Å²) in [6, 6.07) is 0. The Morgan fingerprint density at radius 1 is 1.78 bits per heavy atom. The smallest absolute Gasteiger partial charge is 0.224 e. The quantitative estimate of drug-likeness (QED) is 0.297. The van der Waals surface area contributed by atoms with Gasteiger partial charge in [-0.15, -0.1) is 0 Å². The molecule has 0 fully saturated rings. The highest BCUT2D eigenvalue weighted by molar-refractivity contribution is 9.07. The summed E-state index contributed by atoms with van der Waals surface area (Å²) in [7, 11) is 0. The first-order valence-electron chi connectivity index (χ1n) is 2.50. The lowest BCUT2D eigenvalue weighted by Gasteiger charge is -2.15. The summed E-state index contributed by atoms with van der Waals surface area (Å²) < 4.78 is 1.04. The zero-order valence-electron chi connectivity index (χ0n) is 5.39. The summed E-state index contributed by atoms with van der Waals surface area (Å²) >= 11 is 2.90. The molecule has 0 aliphatic carbocycles. The van der Waals surface area contributed by atoms with Crippen LogP contribution in [0.2, 0.25) is 0 Å². The fourth-order valence-corrected chi connectivity index (χ4v) is 0.576. The lowest BCUT2D eigenvalue weighted by Crippen LogP contribution is -2.30. The topological polar surface area (TPSA) is 62.3 Å². The van der Waals surface area contributed by atoms with Crippen molar-refractivity contribution in [3.63, 3.8) is 0 Å². The Morgan fingerprint density at radius 2 is 2.22 bits per heavy atom. The molecule has 0 amide bonds. The minimum atomic E-state index is -0.163. The SMILES string of the molecule is CC(C)ON(Br)C(=N)N. The van der Waals surface area contributed by atoms with Crippen molar-refractivity contribution in [2.45, 2.75) is 20.0 Å². The van der Waals surface area contributed by atoms with Crippen LogP contribution in [-0.2, 0) is 4.84 Å². The standard InChI is InChI=1S/C4H10BrN3O/c1-3(2)9-8(5)4(6)7/h3H,1-2H3,(H3,6,7). The molecule has 0 bridgehead atoms. The molecule has 0 unspecified atom stereocenters. The molecule has 0 aromatic rings. The van der Waals surface area contributed by atoms with E-state index < -0.39 is 0 Å². The van der Waals surface area contributed by atoms with Crippen LogP contribution in [0, 0.1) is 5.41 Å². The van der Waals surface area contributed by atoms with Gasteiger partial charge in [-0.1, -0.05) is 0 Å². The van der Waals surface area contributed by atoms with Crippen LogP contribution in [0.5, 0.6) is 0 Å². The van der Waals surface area contributed by atoms with E-state index in [2.05, 4.69) is 16.1 Å². The van der Waals surface area contributed by atoms with E-state index in [4.69, 9.17) is 16.0 Å². The molecule has 4 nitrogen and oxygen atoms in total. The van der Waals surface area contributed by atoms with E-state index in [1.165, 1.54) is 0 Å². The van der Waals surface area contributed by atoms with Gasteiger partial charge in [-0.25, -0.2) is 0 Å². The number of nitrogens with one attached hydrogen (secondary N) is 1. The lowest BCUT2D eigenvalue weighted by molar-refractivity contribution is -0.0559. The van der Waals surface area contributed by atoms with E-state index in [-0.39, 0.29) is 12.1 Å². The van der Waals surface area contributed by atoms with Gasteiger partial charge in [-0.05, 0) is 13.8 Å². The van der Waals surface area contributed by atoms with Crippen LogP contribution in [0.15, 0.2) is 0 Å². The molecule has 0 heterocycles. The van der Waals surface area contributed by atoms with Gasteiger partial charge in [-0.2, -0.15) is 4.09 Å². The van der Waals surface area contributed by atoms with Gasteiger partial charge in [0, 0.05) is 0 Å². The second-order valence-electron chi connectivity index (χ2n) is 1.78. The van der Waals surface area contributed by atoms with Crippen LogP contribution in [0.1, 0.15) is 13.8 Å². The monoisotopic (exact) mass is 195 g/mol. The fourth-order valence-electron chi connectivity index (χ4n) is 0.242. The maximum absolute atomic E-state index is 6.83. The molecule has 5 heteroatoms. The fraction of sp³-hybridized carbons (Fsp3) is 0.750. The molecule has 0 aromatic heterocycles. The van der Waals surface area contributed by atoms with Gasteiger partial charge < -0.3 is 5.73 Å². The average molecular weight is 196 g/mol. The molecule has 0 saturated heterocycles. The maximum atomic E-state index is 6.83. The summed E-state index contributed by atoms with van der Waals surface area (Å²) in [6.45, 7) is 3.69. The van der Waals surface area contributed by atoms with Crippen molar-refractivity contribution in [1.29, 1.82) is 5.41 Å². The molecule has 0 atom stereocenters. The van der Waals surface area contributed by atoms with Crippen LogP contribution in [-0.4, -0.2) is 16.2 Å². The van der Waals surface area contributed by atoms with Crippen molar-refractivity contribution in [1.82, 2.24) is 4.09 Å². The highest BCUT2D eigenvalue weighted by Crippen LogP contribution is 2.00. The number of rotatable bonds is 2. The van der Waals surface area contributed by atoms with Gasteiger partial charge in [-0.3, -0.25) is 10.2 Å². The highest BCUT2D eigenvalue weighted by Gasteiger charge is 2.03. The van der Waals surface area contributed by atoms with Gasteiger partial charge in [0.1, 0.15) is 0 Å². The van der Waals surface area contributed by atoms with Crippen LogP contribution >= 0.6 is 16.1 Å². The molecule has 0 aliphatic heterocycles. The molecule has 0 aliphatic rings. The second kappa shape index (κ2) is 3.68. The molecule has 9 heavy (non-hydrogen) atoms. The number of hydroxylamine groups is 1. The van der Waals surface area contributed by atoms with Gasteiger partial charge in [0.2, 0.25) is 5.96 Å². The Bertz CT molecular complexity index is 106. The van der Waals surface area contributed by atoms with Crippen LogP contribution in [0.3, 0.4) is 0 Å². The predicted molar refractivity (Wildman–Crippen MR) is 38.9 cm³/mol. The summed E-state index contributed by atoms with van der Waals surface area (Å²) in [6.07, 6.45) is 0.0216. The van der Waals surface area contributed by atoms with Gasteiger partial charge in [0.25, 0.3) is 0 Å². The molecular weight excluding hydrogens is 186 g/mol. The number of hydrogen-bond acceptors (Lipinski definition) is 2. The first-order chi connectivity index (χ1) is 4.04. The van der Waals surface area contributed by atoms with Crippen LogP contribution < -0.4 is 5.73 Å². The first kappa shape index (κ1) is 8.71. The Morgan fingerprint density at radius 3 is 2.33 bits per heavy atom. The van der Waals surface area contributed by atoms with E-state index in [0.717, 1.165) is 4.09 Å². The van der Waals surface area contributed by atoms with Gasteiger partial charge in [0.15, 0.2) is 0 Å². The molecule has 0 rings (SSSR count). The number of nitrogens with two attached hydrogens (primary N) is 1. The van der Waals surface area contributed by atoms with Crippen molar-refractivity contribution in [2.75, 3.05) is 0 Å². The lowest BCUT2D eigenvalue weighted by atomic mass is 10.5. The molecule has 0 aromatic carbocycles. The molecular formula is C4H10BrN3O. The first-order valence-corrected chi connectivity index (χ1v) is 3.21. The van der Waals surface area contributed by atoms with Gasteiger partial charge in [0.05, 0.1) is 22.3 Å². The summed E-state index contributed by atoms with van der Waals surface area (Å²) in [5.74, 6) is -0.163. The average Bonchev–Trinajstić information content (AvgIpc) is 1.63. The molecule has 0 saturated carbocycles. The molecule has 0 spiro atoms. The van der Waals surface area contributed by atoms with Crippen molar-refractivity contribution in [2.24, 2.45) is 5.73 Å². The van der Waals surface area contributed by atoms with Crippen molar-refractivity contribution in [3.8, 4) is 0 Å². The zero-order chi connectivity index (χ0) is 7.44. The third kappa shape index (κ3) is 4.23. The largest absolute Gasteiger partial charge is 0.368 e. The van der Waals surface area contributed by atoms with Crippen molar-refractivity contribution < 1.29 is 4.84 Å². The van der Waals surface area contributed by atoms with E-state index in [0.29, 0.717) is 0 Å². The number of nitrogens with zero attached hydrogens (tertiary/aromatic N) is 1. The zero-order valence-corrected chi connectivity index (χ0v) is 6.97. The number of guanidine groups is 1. The Kier molecular flexibility index (Phi) is 3.56. The Hall–Kier alpha value is -0.290. The third-order valence-electron chi connectivity index (χ3n) is 0.493. The number of hydrogen-bond donors (Lipinski definition) is 2. The van der Waals surface area contributed by atoms with Gasteiger partial charge >= 0.3 is 0 Å². The van der Waals surface area contributed by atoms with Crippen LogP contribution in [0.25, 0.3) is 0 Å². The normalized spacial score (nSPS) is 9.78. The Balaban J connectivity index is 3.50. The molecule has 54 valence electrons. The van der Waals surface area contributed by atoms with E-state index >= 15 is 0 Å². The number of halogens is 1. The van der Waals surface area contributed by atoms with E-state index in [9.17, 15) is 0 Å². The van der Waals surface area contributed by atoms with Crippen molar-refractivity contribution in [3.05, 3.63) is 0 Å². The minimum absolute atomic E-state index is 0.0216. The van der Waals surface area contributed by atoms with E-state index in [1.54, 1.807) is 0 Å². The van der Waals surface area contributed by atoms with E-state index in [1.807, 2.05) is 13.8 Å². The molecule has 3 N–H and O–H groups in total. The third-order valence-corrected chi connectivity index (χ3v) is 1.04. The summed E-state index contributed by atoms with van der Waals surface area (Å²) in [5.41, 5.74) is 5.02. The second-order valence-corrected chi connectivity index (χ2v) is 2.43. The molecule has 0 radical (unpaired) electrons. The van der Waals surface area contributed by atoms with Crippen LogP contribution in [0.4, 0.5) is 0 Å². The maximum Gasteiger partial charge on any atom is 0.224 e. The Labute approximate surface area is 62.8 Å². The summed E-state index contributed by atoms with van der Waals surface area (Å²) in [4.78, 5) is 4.91. The summed E-state index contributed by atoms with van der Waals surface area (Å²) in [5, 5.41) is 6.83. The predicted octanol–water partition coefficient (Wildman–Crippen LogP) is 0.832. The van der Waals surface area contributed by atoms with Crippen molar-refractivity contribution >= 4 is 22.1 Å².